The Bertz CT molecular complexity index is 551. The lowest BCUT2D eigenvalue weighted by atomic mass is 9.75. The number of carbonyl (C=O) groups is 1. The molecule has 1 unspecified atom stereocenters. The normalized spacial score (nSPS) is 23.0. The van der Waals surface area contributed by atoms with Crippen LogP contribution < -0.4 is 4.90 Å². The second-order valence-electron chi connectivity index (χ2n) is 6.56. The van der Waals surface area contributed by atoms with E-state index in [9.17, 15) is 9.90 Å². The third-order valence-corrected chi connectivity index (χ3v) is 6.34. The highest BCUT2D eigenvalue weighted by molar-refractivity contribution is 7.15. The first-order chi connectivity index (χ1) is 9.93. The third-order valence-electron chi connectivity index (χ3n) is 5.10. The van der Waals surface area contributed by atoms with E-state index in [0.29, 0.717) is 6.42 Å². The van der Waals surface area contributed by atoms with Gasteiger partial charge in [-0.15, -0.1) is 11.3 Å². The lowest BCUT2D eigenvalue weighted by molar-refractivity contribution is -0.138. The molecule has 1 aromatic rings. The minimum absolute atomic E-state index is 0.261. The van der Waals surface area contributed by atoms with Crippen molar-refractivity contribution in [3.63, 3.8) is 0 Å². The molecule has 0 spiro atoms. The Morgan fingerprint density at radius 3 is 2.67 bits per heavy atom. The van der Waals surface area contributed by atoms with Crippen molar-refractivity contribution in [2.75, 3.05) is 32.6 Å². The van der Waals surface area contributed by atoms with E-state index in [1.165, 1.54) is 19.3 Å². The van der Waals surface area contributed by atoms with Crippen LogP contribution in [-0.2, 0) is 11.2 Å². The second-order valence-corrected chi connectivity index (χ2v) is 7.62. The predicted molar refractivity (Wildman–Crippen MR) is 84.4 cm³/mol. The minimum Gasteiger partial charge on any atom is -0.481 e. The predicted octanol–water partition coefficient (Wildman–Crippen LogP) is 2.18. The van der Waals surface area contributed by atoms with Crippen LogP contribution in [-0.4, -0.2) is 54.2 Å². The van der Waals surface area contributed by atoms with Crippen molar-refractivity contribution in [1.29, 1.82) is 0 Å². The summed E-state index contributed by atoms with van der Waals surface area (Å²) in [4.78, 5) is 21.6. The van der Waals surface area contributed by atoms with Gasteiger partial charge in [-0.2, -0.15) is 0 Å². The SMILES string of the molecule is CN(CC1(N(C)C)CCC1)c1nc2c(s1)CCC2C(=O)O. The molecule has 1 atom stereocenters. The quantitative estimate of drug-likeness (QED) is 0.903. The Morgan fingerprint density at radius 2 is 2.14 bits per heavy atom. The Hall–Kier alpha value is -1.14. The topological polar surface area (TPSA) is 56.7 Å². The summed E-state index contributed by atoms with van der Waals surface area (Å²) in [6.07, 6.45) is 5.31. The Morgan fingerprint density at radius 1 is 1.43 bits per heavy atom. The van der Waals surface area contributed by atoms with Gasteiger partial charge in [-0.3, -0.25) is 4.79 Å². The van der Waals surface area contributed by atoms with Crippen LogP contribution in [0.3, 0.4) is 0 Å². The highest BCUT2D eigenvalue weighted by Crippen LogP contribution is 2.41. The molecule has 0 saturated heterocycles. The van der Waals surface area contributed by atoms with Gasteiger partial charge in [0.15, 0.2) is 5.13 Å². The summed E-state index contributed by atoms with van der Waals surface area (Å²) in [5, 5.41) is 10.2. The second kappa shape index (κ2) is 5.25. The monoisotopic (exact) mass is 309 g/mol. The highest BCUT2D eigenvalue weighted by atomic mass is 32.1. The van der Waals surface area contributed by atoms with E-state index in [-0.39, 0.29) is 5.54 Å². The van der Waals surface area contributed by atoms with E-state index in [0.717, 1.165) is 28.7 Å². The fraction of sp³-hybridized carbons (Fsp3) is 0.733. The molecule has 0 aromatic carbocycles. The molecule has 21 heavy (non-hydrogen) atoms. The number of hydrogen-bond acceptors (Lipinski definition) is 5. The van der Waals surface area contributed by atoms with Gasteiger partial charge in [0, 0.05) is 24.0 Å². The smallest absolute Gasteiger partial charge is 0.312 e. The molecule has 6 heteroatoms. The molecule has 3 rings (SSSR count). The number of fused-ring (bicyclic) bond motifs is 1. The van der Waals surface area contributed by atoms with Crippen LogP contribution in [0.15, 0.2) is 0 Å². The summed E-state index contributed by atoms with van der Waals surface area (Å²) < 4.78 is 0. The molecule has 1 saturated carbocycles. The van der Waals surface area contributed by atoms with Gasteiger partial charge in [-0.05, 0) is 46.2 Å². The lowest BCUT2D eigenvalue weighted by Crippen LogP contribution is -2.56. The number of rotatable bonds is 5. The first-order valence-corrected chi connectivity index (χ1v) is 8.35. The highest BCUT2D eigenvalue weighted by Gasteiger charge is 2.41. The number of anilines is 1. The minimum atomic E-state index is -0.739. The Labute approximate surface area is 129 Å². The summed E-state index contributed by atoms with van der Waals surface area (Å²) in [7, 11) is 6.37. The molecule has 0 aliphatic heterocycles. The van der Waals surface area contributed by atoms with Crippen molar-refractivity contribution in [1.82, 2.24) is 9.88 Å². The molecular formula is C15H23N3O2S. The summed E-state index contributed by atoms with van der Waals surface area (Å²) in [6, 6.07) is 0. The Kier molecular flexibility index (Phi) is 3.69. The van der Waals surface area contributed by atoms with Gasteiger partial charge in [-0.1, -0.05) is 0 Å². The van der Waals surface area contributed by atoms with Gasteiger partial charge in [0.05, 0.1) is 5.69 Å². The number of nitrogens with zero attached hydrogens (tertiary/aromatic N) is 3. The number of carboxylic acid groups (broad SMARTS) is 1. The number of aromatic nitrogens is 1. The molecular weight excluding hydrogens is 286 g/mol. The zero-order valence-corrected chi connectivity index (χ0v) is 13.7. The summed E-state index contributed by atoms with van der Waals surface area (Å²) >= 11 is 1.67. The maximum atomic E-state index is 11.3. The standard InChI is InChI=1S/C15H23N3O2S/c1-17(2)15(7-4-8-15)9-18(3)14-16-12-10(13(19)20)5-6-11(12)21-14/h10H,4-9H2,1-3H3,(H,19,20). The average Bonchev–Trinajstić information content (AvgIpc) is 2.91. The Balaban J connectivity index is 1.76. The molecule has 1 fully saturated rings. The fourth-order valence-corrected chi connectivity index (χ4v) is 4.56. The number of thiazole rings is 1. The number of hydrogen-bond donors (Lipinski definition) is 1. The first-order valence-electron chi connectivity index (χ1n) is 7.54. The first kappa shape index (κ1) is 14.8. The van der Waals surface area contributed by atoms with Crippen LogP contribution in [0.4, 0.5) is 5.13 Å². The van der Waals surface area contributed by atoms with Crippen LogP contribution in [0.1, 0.15) is 42.2 Å². The van der Waals surface area contributed by atoms with Crippen LogP contribution in [0.2, 0.25) is 0 Å². The molecule has 1 heterocycles. The van der Waals surface area contributed by atoms with Crippen molar-refractivity contribution < 1.29 is 9.90 Å². The van der Waals surface area contributed by atoms with Gasteiger partial charge in [0.25, 0.3) is 0 Å². The number of aryl methyl sites for hydroxylation is 1. The van der Waals surface area contributed by atoms with Crippen LogP contribution in [0.25, 0.3) is 0 Å². The molecule has 1 N–H and O–H groups in total. The van der Waals surface area contributed by atoms with Gasteiger partial charge in [0.1, 0.15) is 5.92 Å². The molecule has 0 radical (unpaired) electrons. The lowest BCUT2D eigenvalue weighted by Gasteiger charge is -2.49. The summed E-state index contributed by atoms with van der Waals surface area (Å²) in [6.45, 7) is 0.962. The van der Waals surface area contributed by atoms with Crippen molar-refractivity contribution in [3.8, 4) is 0 Å². The third kappa shape index (κ3) is 2.44. The van der Waals surface area contributed by atoms with E-state index in [1.54, 1.807) is 11.3 Å². The molecule has 0 amide bonds. The van der Waals surface area contributed by atoms with Crippen molar-refractivity contribution >= 4 is 22.4 Å². The fourth-order valence-electron chi connectivity index (χ4n) is 3.46. The van der Waals surface area contributed by atoms with E-state index < -0.39 is 11.9 Å². The zero-order valence-electron chi connectivity index (χ0n) is 12.9. The van der Waals surface area contributed by atoms with Crippen LogP contribution in [0, 0.1) is 0 Å². The average molecular weight is 309 g/mol. The largest absolute Gasteiger partial charge is 0.481 e. The molecule has 1 aromatic heterocycles. The van der Waals surface area contributed by atoms with Gasteiger partial charge in [0.2, 0.25) is 0 Å². The molecule has 0 bridgehead atoms. The molecule has 116 valence electrons. The van der Waals surface area contributed by atoms with Crippen molar-refractivity contribution in [2.45, 2.75) is 43.6 Å². The van der Waals surface area contributed by atoms with E-state index in [4.69, 9.17) is 0 Å². The van der Waals surface area contributed by atoms with E-state index in [2.05, 4.69) is 35.9 Å². The number of likely N-dealkylation sites (N-methyl/N-ethyl adjacent to an activating group) is 2. The van der Waals surface area contributed by atoms with E-state index >= 15 is 0 Å². The van der Waals surface area contributed by atoms with Crippen LogP contribution in [0.5, 0.6) is 0 Å². The van der Waals surface area contributed by atoms with Crippen molar-refractivity contribution in [3.05, 3.63) is 10.6 Å². The van der Waals surface area contributed by atoms with Crippen molar-refractivity contribution in [2.24, 2.45) is 0 Å². The van der Waals surface area contributed by atoms with Gasteiger partial charge >= 0.3 is 5.97 Å². The number of aliphatic carboxylic acids is 1. The van der Waals surface area contributed by atoms with Crippen LogP contribution >= 0.6 is 11.3 Å². The summed E-state index contributed by atoms with van der Waals surface area (Å²) in [5.41, 5.74) is 1.07. The maximum absolute atomic E-state index is 11.3. The maximum Gasteiger partial charge on any atom is 0.312 e. The van der Waals surface area contributed by atoms with Gasteiger partial charge in [-0.25, -0.2) is 4.98 Å². The zero-order chi connectivity index (χ0) is 15.2. The molecule has 2 aliphatic rings. The molecule has 2 aliphatic carbocycles. The molecule has 5 nitrogen and oxygen atoms in total. The number of carboxylic acids is 1. The van der Waals surface area contributed by atoms with Gasteiger partial charge < -0.3 is 14.9 Å². The van der Waals surface area contributed by atoms with E-state index in [1.807, 2.05) is 0 Å². The summed E-state index contributed by atoms with van der Waals surface area (Å²) in [5.74, 6) is -1.14.